The molecule has 0 saturated carbocycles. The number of amides is 1. The van der Waals surface area contributed by atoms with Gasteiger partial charge in [-0.1, -0.05) is 18.2 Å². The first kappa shape index (κ1) is 20.2. The number of carbonyl (C=O) groups is 1. The molecule has 0 fully saturated rings. The number of carbonyl (C=O) groups excluding carboxylic acids is 1. The first-order valence-corrected chi connectivity index (χ1v) is 10.0. The lowest BCUT2D eigenvalue weighted by Gasteiger charge is -2.27. The van der Waals surface area contributed by atoms with Crippen LogP contribution < -0.4 is 15.0 Å². The Morgan fingerprint density at radius 2 is 2.00 bits per heavy atom. The number of nitrogens with zero attached hydrogens (tertiary/aromatic N) is 1. The van der Waals surface area contributed by atoms with Crippen LogP contribution in [0.4, 0.5) is 10.1 Å². The maximum absolute atomic E-state index is 13.4. The molecular formula is C23H29FN2O2. The first-order valence-electron chi connectivity index (χ1n) is 10.0. The number of hydrogen-bond donors (Lipinski definition) is 1. The predicted molar refractivity (Wildman–Crippen MR) is 110 cm³/mol. The number of anilines is 1. The molecule has 5 heteroatoms. The average Bonchev–Trinajstić information content (AvgIpc) is 3.08. The van der Waals surface area contributed by atoms with E-state index in [-0.39, 0.29) is 23.9 Å². The summed E-state index contributed by atoms with van der Waals surface area (Å²) in [7, 11) is 0. The molecule has 150 valence electrons. The number of benzene rings is 2. The van der Waals surface area contributed by atoms with Crippen molar-refractivity contribution in [2.75, 3.05) is 11.4 Å². The summed E-state index contributed by atoms with van der Waals surface area (Å²) in [5, 5.41) is 3.00. The van der Waals surface area contributed by atoms with Crippen LogP contribution >= 0.6 is 0 Å². The summed E-state index contributed by atoms with van der Waals surface area (Å²) in [6.45, 7) is 7.43. The molecule has 1 atom stereocenters. The van der Waals surface area contributed by atoms with Crippen molar-refractivity contribution < 1.29 is 13.9 Å². The molecule has 0 radical (unpaired) electrons. The Morgan fingerprint density at radius 3 is 2.79 bits per heavy atom. The number of rotatable bonds is 8. The molecule has 1 N–H and O–H groups in total. The lowest BCUT2D eigenvalue weighted by Crippen LogP contribution is -2.33. The van der Waals surface area contributed by atoms with Crippen LogP contribution in [0.15, 0.2) is 42.5 Å². The van der Waals surface area contributed by atoms with E-state index in [4.69, 9.17) is 4.74 Å². The number of nitrogens with one attached hydrogen (secondary N) is 1. The molecule has 4 nitrogen and oxygen atoms in total. The van der Waals surface area contributed by atoms with E-state index < -0.39 is 0 Å². The average molecular weight is 384 g/mol. The lowest BCUT2D eigenvalue weighted by atomic mass is 10.1. The van der Waals surface area contributed by atoms with E-state index in [0.29, 0.717) is 13.0 Å². The summed E-state index contributed by atoms with van der Waals surface area (Å²) in [5.74, 6) is 0.658. The lowest BCUT2D eigenvalue weighted by molar-refractivity contribution is -0.121. The van der Waals surface area contributed by atoms with E-state index in [2.05, 4.69) is 17.1 Å². The Morgan fingerprint density at radius 1 is 1.21 bits per heavy atom. The second kappa shape index (κ2) is 9.09. The molecule has 0 aliphatic carbocycles. The van der Waals surface area contributed by atoms with Gasteiger partial charge in [0.2, 0.25) is 5.91 Å². The zero-order valence-electron chi connectivity index (χ0n) is 16.9. The van der Waals surface area contributed by atoms with Crippen LogP contribution in [0.25, 0.3) is 0 Å². The van der Waals surface area contributed by atoms with Crippen LogP contribution in [0.2, 0.25) is 0 Å². The normalized spacial score (nSPS) is 14.1. The highest BCUT2D eigenvalue weighted by Gasteiger charge is 2.24. The van der Waals surface area contributed by atoms with Crippen molar-refractivity contribution in [3.8, 4) is 5.75 Å². The van der Waals surface area contributed by atoms with Crippen LogP contribution in [0.3, 0.4) is 0 Å². The van der Waals surface area contributed by atoms with Crippen LogP contribution in [0.1, 0.15) is 44.7 Å². The Balaban J connectivity index is 1.49. The molecule has 28 heavy (non-hydrogen) atoms. The van der Waals surface area contributed by atoms with Crippen molar-refractivity contribution >= 4 is 11.6 Å². The monoisotopic (exact) mass is 384 g/mol. The summed E-state index contributed by atoms with van der Waals surface area (Å²) in [4.78, 5) is 14.6. The summed E-state index contributed by atoms with van der Waals surface area (Å²) in [6, 6.07) is 13.0. The molecule has 0 aromatic heterocycles. The van der Waals surface area contributed by atoms with Crippen molar-refractivity contribution in [1.29, 1.82) is 0 Å². The smallest absolute Gasteiger partial charge is 0.220 e. The Kier molecular flexibility index (Phi) is 6.55. The number of para-hydroxylation sites is 1. The predicted octanol–water partition coefficient (Wildman–Crippen LogP) is 4.46. The maximum atomic E-state index is 13.4. The summed E-state index contributed by atoms with van der Waals surface area (Å²) in [6.07, 6.45) is 2.17. The minimum atomic E-state index is -0.186. The minimum Gasteiger partial charge on any atom is -0.491 e. The third-order valence-electron chi connectivity index (χ3n) is 5.11. The van der Waals surface area contributed by atoms with Crippen molar-refractivity contribution in [1.82, 2.24) is 5.32 Å². The highest BCUT2D eigenvalue weighted by molar-refractivity contribution is 5.76. The third-order valence-corrected chi connectivity index (χ3v) is 5.11. The van der Waals surface area contributed by atoms with Crippen molar-refractivity contribution in [2.45, 2.75) is 58.7 Å². The SMILES string of the molecule is CC(C)Oc1ccccc1CNC(=O)CCC(C)N1CCc2cc(F)ccc21. The van der Waals surface area contributed by atoms with Gasteiger partial charge in [0.1, 0.15) is 11.6 Å². The summed E-state index contributed by atoms with van der Waals surface area (Å²) < 4.78 is 19.2. The van der Waals surface area contributed by atoms with Gasteiger partial charge in [-0.15, -0.1) is 0 Å². The van der Waals surface area contributed by atoms with Crippen LogP contribution in [-0.4, -0.2) is 24.6 Å². The molecule has 1 aliphatic heterocycles. The summed E-state index contributed by atoms with van der Waals surface area (Å²) >= 11 is 0. The molecule has 1 heterocycles. The van der Waals surface area contributed by atoms with E-state index in [1.807, 2.05) is 44.2 Å². The molecule has 2 aromatic carbocycles. The zero-order chi connectivity index (χ0) is 20.1. The minimum absolute atomic E-state index is 0.0322. The van der Waals surface area contributed by atoms with E-state index in [1.54, 1.807) is 6.07 Å². The molecule has 2 aromatic rings. The van der Waals surface area contributed by atoms with E-state index in [1.165, 1.54) is 6.07 Å². The number of halogens is 1. The Bertz CT molecular complexity index is 822. The number of fused-ring (bicyclic) bond motifs is 1. The first-order chi connectivity index (χ1) is 13.4. The van der Waals surface area contributed by atoms with Gasteiger partial charge in [0.25, 0.3) is 0 Å². The van der Waals surface area contributed by atoms with E-state index in [0.717, 1.165) is 42.0 Å². The highest BCUT2D eigenvalue weighted by Crippen LogP contribution is 2.31. The third kappa shape index (κ3) is 5.03. The van der Waals surface area contributed by atoms with Crippen molar-refractivity contribution in [2.24, 2.45) is 0 Å². The molecule has 0 spiro atoms. The topological polar surface area (TPSA) is 41.6 Å². The van der Waals surface area contributed by atoms with Gasteiger partial charge in [-0.2, -0.15) is 0 Å². The number of ether oxygens (including phenoxy) is 1. The van der Waals surface area contributed by atoms with Crippen LogP contribution in [0, 0.1) is 5.82 Å². The molecular weight excluding hydrogens is 355 g/mol. The van der Waals surface area contributed by atoms with Gasteiger partial charge >= 0.3 is 0 Å². The van der Waals surface area contributed by atoms with E-state index in [9.17, 15) is 9.18 Å². The van der Waals surface area contributed by atoms with Crippen LogP contribution in [-0.2, 0) is 17.8 Å². The van der Waals surface area contributed by atoms with Crippen molar-refractivity contribution in [3.05, 3.63) is 59.4 Å². The van der Waals surface area contributed by atoms with Gasteiger partial charge in [-0.05, 0) is 63.4 Å². The van der Waals surface area contributed by atoms with Gasteiger partial charge < -0.3 is 15.0 Å². The van der Waals surface area contributed by atoms with Crippen molar-refractivity contribution in [3.63, 3.8) is 0 Å². The number of hydrogen-bond acceptors (Lipinski definition) is 3. The largest absolute Gasteiger partial charge is 0.491 e. The second-order valence-corrected chi connectivity index (χ2v) is 7.66. The van der Waals surface area contributed by atoms with E-state index >= 15 is 0 Å². The quantitative estimate of drug-likeness (QED) is 0.731. The molecule has 1 unspecified atom stereocenters. The Labute approximate surface area is 166 Å². The molecule has 0 bridgehead atoms. The van der Waals surface area contributed by atoms with Gasteiger partial charge in [0.05, 0.1) is 6.10 Å². The fourth-order valence-corrected chi connectivity index (χ4v) is 3.65. The maximum Gasteiger partial charge on any atom is 0.220 e. The molecule has 0 saturated heterocycles. The standard InChI is InChI=1S/C23H29FN2O2/c1-16(2)28-22-7-5-4-6-19(22)15-25-23(27)11-8-17(3)26-13-12-18-14-20(24)9-10-21(18)26/h4-7,9-10,14,16-17H,8,11-13,15H2,1-3H3,(H,25,27). The fourth-order valence-electron chi connectivity index (χ4n) is 3.65. The van der Waals surface area contributed by atoms with Crippen LogP contribution in [0.5, 0.6) is 5.75 Å². The Hall–Kier alpha value is -2.56. The zero-order valence-corrected chi connectivity index (χ0v) is 16.9. The van der Waals surface area contributed by atoms with Gasteiger partial charge in [0.15, 0.2) is 0 Å². The molecule has 1 amide bonds. The fraction of sp³-hybridized carbons (Fsp3) is 0.435. The van der Waals surface area contributed by atoms with Gasteiger partial charge in [-0.3, -0.25) is 4.79 Å². The molecule has 1 aliphatic rings. The van der Waals surface area contributed by atoms with Gasteiger partial charge in [0, 0.05) is 36.8 Å². The summed E-state index contributed by atoms with van der Waals surface area (Å²) in [5.41, 5.74) is 3.13. The van der Waals surface area contributed by atoms with Gasteiger partial charge in [-0.25, -0.2) is 4.39 Å². The highest BCUT2D eigenvalue weighted by atomic mass is 19.1. The second-order valence-electron chi connectivity index (χ2n) is 7.66. The molecule has 3 rings (SSSR count).